The van der Waals surface area contributed by atoms with Crippen LogP contribution in [0.1, 0.15) is 19.3 Å². The molecule has 1 aliphatic heterocycles. The second kappa shape index (κ2) is 5.15. The Hall–Kier alpha value is -0.650. The summed E-state index contributed by atoms with van der Waals surface area (Å²) in [4.78, 5) is 16.1. The lowest BCUT2D eigenvalue weighted by Crippen LogP contribution is -2.60. The maximum Gasteiger partial charge on any atom is 0.239 e. The summed E-state index contributed by atoms with van der Waals surface area (Å²) in [5.41, 5.74) is 10.9. The predicted molar refractivity (Wildman–Crippen MR) is 71.9 cm³/mol. The number of primary amides is 1. The quantitative estimate of drug-likeness (QED) is 0.668. The van der Waals surface area contributed by atoms with Crippen molar-refractivity contribution in [1.29, 1.82) is 0 Å². The fraction of sp³-hybridized carbons (Fsp3) is 0.923. The second-order valence-corrected chi connectivity index (χ2v) is 6.29. The Morgan fingerprint density at radius 3 is 2.56 bits per heavy atom. The van der Waals surface area contributed by atoms with Crippen LogP contribution < -0.4 is 11.5 Å². The summed E-state index contributed by atoms with van der Waals surface area (Å²) in [6, 6.07) is 0. The topological polar surface area (TPSA) is 75.6 Å². The first-order valence-electron chi connectivity index (χ1n) is 6.87. The summed E-state index contributed by atoms with van der Waals surface area (Å²) in [6.45, 7) is 3.91. The average Bonchev–Trinajstić information content (AvgIpc) is 3.04. The first kappa shape index (κ1) is 13.8. The molecule has 0 aromatic heterocycles. The molecule has 5 nitrogen and oxygen atoms in total. The van der Waals surface area contributed by atoms with Gasteiger partial charge in [0.2, 0.25) is 5.91 Å². The van der Waals surface area contributed by atoms with Crippen LogP contribution >= 0.6 is 0 Å². The average molecular weight is 254 g/mol. The fourth-order valence-corrected chi connectivity index (χ4v) is 3.13. The summed E-state index contributed by atoms with van der Waals surface area (Å²) in [5.74, 6) is 0.639. The van der Waals surface area contributed by atoms with E-state index in [1.54, 1.807) is 0 Å². The van der Waals surface area contributed by atoms with Crippen LogP contribution in [0.2, 0.25) is 0 Å². The molecule has 0 aromatic rings. The van der Waals surface area contributed by atoms with Crippen LogP contribution in [0, 0.1) is 11.8 Å². The van der Waals surface area contributed by atoms with Crippen molar-refractivity contribution in [3.8, 4) is 0 Å². The molecular weight excluding hydrogens is 228 g/mol. The molecule has 2 atom stereocenters. The van der Waals surface area contributed by atoms with Crippen molar-refractivity contribution in [2.45, 2.75) is 24.8 Å². The smallest absolute Gasteiger partial charge is 0.239 e. The standard InChI is InChI=1S/C13H26N4O/c1-16-6-5-10(7-16)8-17(2)9-13(15,12(14)18)11-3-4-11/h10-11H,3-9,15H2,1-2H3,(H2,14,18). The number of hydrogen-bond donors (Lipinski definition) is 2. The summed E-state index contributed by atoms with van der Waals surface area (Å²) in [6.07, 6.45) is 3.32. The molecule has 0 radical (unpaired) electrons. The van der Waals surface area contributed by atoms with E-state index in [1.165, 1.54) is 13.0 Å². The Morgan fingerprint density at radius 2 is 2.11 bits per heavy atom. The van der Waals surface area contributed by atoms with Crippen LogP contribution in [0.25, 0.3) is 0 Å². The van der Waals surface area contributed by atoms with Crippen LogP contribution in [-0.2, 0) is 4.79 Å². The van der Waals surface area contributed by atoms with Gasteiger partial charge in [-0.25, -0.2) is 0 Å². The first-order chi connectivity index (χ1) is 8.41. The Bertz CT molecular complexity index is 318. The molecule has 2 aliphatic rings. The molecule has 1 heterocycles. The van der Waals surface area contributed by atoms with Crippen LogP contribution in [0.3, 0.4) is 0 Å². The lowest BCUT2D eigenvalue weighted by Gasteiger charge is -2.32. The Balaban J connectivity index is 1.85. The molecule has 5 heteroatoms. The van der Waals surface area contributed by atoms with Gasteiger partial charge in [-0.2, -0.15) is 0 Å². The maximum absolute atomic E-state index is 11.6. The minimum atomic E-state index is -0.820. The summed E-state index contributed by atoms with van der Waals surface area (Å²) in [5, 5.41) is 0. The highest BCUT2D eigenvalue weighted by Crippen LogP contribution is 2.38. The van der Waals surface area contributed by atoms with Gasteiger partial charge < -0.3 is 21.3 Å². The molecule has 0 spiro atoms. The molecule has 104 valence electrons. The zero-order valence-electron chi connectivity index (χ0n) is 11.6. The van der Waals surface area contributed by atoms with Crippen LogP contribution in [0.4, 0.5) is 0 Å². The highest BCUT2D eigenvalue weighted by molar-refractivity contribution is 5.85. The third-order valence-corrected chi connectivity index (χ3v) is 4.35. The third-order valence-electron chi connectivity index (χ3n) is 4.35. The molecular formula is C13H26N4O. The SMILES string of the molecule is CN1CCC(CN(C)CC(N)(C(N)=O)C2CC2)C1. The van der Waals surface area contributed by atoms with Crippen molar-refractivity contribution in [3.63, 3.8) is 0 Å². The molecule has 18 heavy (non-hydrogen) atoms. The lowest BCUT2D eigenvalue weighted by molar-refractivity contribution is -0.124. The minimum absolute atomic E-state index is 0.295. The zero-order chi connectivity index (χ0) is 13.3. The molecule has 0 bridgehead atoms. The van der Waals surface area contributed by atoms with E-state index in [2.05, 4.69) is 16.8 Å². The van der Waals surface area contributed by atoms with Gasteiger partial charge in [-0.15, -0.1) is 0 Å². The lowest BCUT2D eigenvalue weighted by atomic mass is 9.92. The number of amides is 1. The summed E-state index contributed by atoms with van der Waals surface area (Å²) in [7, 11) is 4.20. The van der Waals surface area contributed by atoms with Crippen LogP contribution in [0.5, 0.6) is 0 Å². The van der Waals surface area contributed by atoms with Crippen molar-refractivity contribution >= 4 is 5.91 Å². The van der Waals surface area contributed by atoms with Gasteiger partial charge in [-0.05, 0) is 51.7 Å². The van der Waals surface area contributed by atoms with E-state index in [-0.39, 0.29) is 5.91 Å². The fourth-order valence-electron chi connectivity index (χ4n) is 3.13. The second-order valence-electron chi connectivity index (χ2n) is 6.29. The number of nitrogens with two attached hydrogens (primary N) is 2. The summed E-state index contributed by atoms with van der Waals surface area (Å²) < 4.78 is 0. The molecule has 1 saturated carbocycles. The third kappa shape index (κ3) is 3.02. The highest BCUT2D eigenvalue weighted by atomic mass is 16.1. The molecule has 2 rings (SSSR count). The van der Waals surface area contributed by atoms with Crippen molar-refractivity contribution in [1.82, 2.24) is 9.80 Å². The number of rotatable bonds is 6. The number of carbonyl (C=O) groups is 1. The van der Waals surface area contributed by atoms with Crippen molar-refractivity contribution in [3.05, 3.63) is 0 Å². The van der Waals surface area contributed by atoms with Gasteiger partial charge in [0.25, 0.3) is 0 Å². The predicted octanol–water partition coefficient (Wildman–Crippen LogP) is -0.537. The minimum Gasteiger partial charge on any atom is -0.368 e. The molecule has 4 N–H and O–H groups in total. The number of likely N-dealkylation sites (tertiary alicyclic amines) is 1. The van der Waals surface area contributed by atoms with Crippen molar-refractivity contribution < 1.29 is 4.79 Å². The molecule has 1 saturated heterocycles. The molecule has 2 fully saturated rings. The highest BCUT2D eigenvalue weighted by Gasteiger charge is 2.47. The molecule has 1 amide bonds. The number of nitrogens with zero attached hydrogens (tertiary/aromatic N) is 2. The zero-order valence-corrected chi connectivity index (χ0v) is 11.6. The molecule has 2 unspecified atom stereocenters. The van der Waals surface area contributed by atoms with Gasteiger partial charge in [0.1, 0.15) is 5.54 Å². The number of carbonyl (C=O) groups excluding carboxylic acids is 1. The van der Waals surface area contributed by atoms with E-state index in [9.17, 15) is 4.79 Å². The van der Waals surface area contributed by atoms with E-state index < -0.39 is 5.54 Å². The summed E-state index contributed by atoms with van der Waals surface area (Å²) >= 11 is 0. The van der Waals surface area contributed by atoms with Gasteiger partial charge in [0.15, 0.2) is 0 Å². The molecule has 0 aromatic carbocycles. The van der Waals surface area contributed by atoms with Gasteiger partial charge in [0, 0.05) is 19.6 Å². The first-order valence-corrected chi connectivity index (χ1v) is 6.87. The number of likely N-dealkylation sites (N-methyl/N-ethyl adjacent to an activating group) is 1. The van der Waals surface area contributed by atoms with Crippen LogP contribution in [-0.4, -0.2) is 61.5 Å². The van der Waals surface area contributed by atoms with Crippen molar-refractivity contribution in [2.24, 2.45) is 23.3 Å². The monoisotopic (exact) mass is 254 g/mol. The Labute approximate surface area is 109 Å². The van der Waals surface area contributed by atoms with Gasteiger partial charge >= 0.3 is 0 Å². The molecule has 1 aliphatic carbocycles. The maximum atomic E-state index is 11.6. The van der Waals surface area contributed by atoms with Crippen molar-refractivity contribution in [2.75, 3.05) is 40.3 Å². The Kier molecular flexibility index (Phi) is 3.94. The normalized spacial score (nSPS) is 28.6. The van der Waals surface area contributed by atoms with Gasteiger partial charge in [-0.3, -0.25) is 4.79 Å². The Morgan fingerprint density at radius 1 is 1.44 bits per heavy atom. The van der Waals surface area contributed by atoms with Gasteiger partial charge in [0.05, 0.1) is 0 Å². The van der Waals surface area contributed by atoms with E-state index in [1.807, 2.05) is 7.05 Å². The number of hydrogen-bond acceptors (Lipinski definition) is 4. The van der Waals surface area contributed by atoms with E-state index in [4.69, 9.17) is 11.5 Å². The van der Waals surface area contributed by atoms with E-state index in [0.29, 0.717) is 18.4 Å². The largest absolute Gasteiger partial charge is 0.368 e. The van der Waals surface area contributed by atoms with Gasteiger partial charge in [-0.1, -0.05) is 0 Å². The van der Waals surface area contributed by atoms with E-state index >= 15 is 0 Å². The van der Waals surface area contributed by atoms with Crippen LogP contribution in [0.15, 0.2) is 0 Å². The van der Waals surface area contributed by atoms with E-state index in [0.717, 1.165) is 25.9 Å².